The van der Waals surface area contributed by atoms with Gasteiger partial charge in [-0.2, -0.15) is 0 Å². The maximum atomic E-state index is 12.2. The highest BCUT2D eigenvalue weighted by Gasteiger charge is 2.23. The molecule has 2 aromatic carbocycles. The first kappa shape index (κ1) is 20.7. The topological polar surface area (TPSA) is 60.0 Å². The lowest BCUT2D eigenvalue weighted by Gasteiger charge is -2.36. The van der Waals surface area contributed by atoms with Gasteiger partial charge in [0.15, 0.2) is 0 Å². The van der Waals surface area contributed by atoms with Gasteiger partial charge < -0.3 is 4.90 Å². The second kappa shape index (κ2) is 9.96. The Kier molecular flexibility index (Phi) is 6.87. The number of unbranched alkanes of at least 4 members (excludes halogenated alkanes) is 1. The van der Waals surface area contributed by atoms with Gasteiger partial charge in [0.2, 0.25) is 0 Å². The lowest BCUT2D eigenvalue weighted by molar-refractivity contribution is -0.123. The van der Waals surface area contributed by atoms with Crippen molar-refractivity contribution in [3.63, 3.8) is 0 Å². The fraction of sp³-hybridized carbons (Fsp3) is 0.391. The number of hydrazine groups is 1. The van der Waals surface area contributed by atoms with E-state index in [4.69, 9.17) is 11.6 Å². The molecule has 4 rings (SSSR count). The van der Waals surface area contributed by atoms with Crippen molar-refractivity contribution in [3.8, 4) is 0 Å². The van der Waals surface area contributed by atoms with Crippen LogP contribution in [0, 0.1) is 0 Å². The molecule has 158 valence electrons. The molecule has 1 unspecified atom stereocenters. The van der Waals surface area contributed by atoms with Gasteiger partial charge >= 0.3 is 0 Å². The summed E-state index contributed by atoms with van der Waals surface area (Å²) >= 11 is 5.99. The minimum atomic E-state index is -0.316. The van der Waals surface area contributed by atoms with E-state index >= 15 is 0 Å². The summed E-state index contributed by atoms with van der Waals surface area (Å²) in [4.78, 5) is 21.7. The van der Waals surface area contributed by atoms with Crippen molar-refractivity contribution in [3.05, 3.63) is 65.2 Å². The van der Waals surface area contributed by atoms with Crippen LogP contribution in [0.3, 0.4) is 0 Å². The zero-order chi connectivity index (χ0) is 20.8. The van der Waals surface area contributed by atoms with E-state index in [0.717, 1.165) is 68.4 Å². The van der Waals surface area contributed by atoms with Crippen LogP contribution in [0.2, 0.25) is 5.02 Å². The molecule has 2 heterocycles. The summed E-state index contributed by atoms with van der Waals surface area (Å²) in [5, 5.41) is 0.778. The molecule has 1 amide bonds. The summed E-state index contributed by atoms with van der Waals surface area (Å²) in [7, 11) is 0. The lowest BCUT2D eigenvalue weighted by atomic mass is 10.1. The predicted octanol–water partition coefficient (Wildman–Crippen LogP) is 3.08. The second-order valence-corrected chi connectivity index (χ2v) is 8.21. The first-order chi connectivity index (χ1) is 14.7. The van der Waals surface area contributed by atoms with Crippen molar-refractivity contribution >= 4 is 29.0 Å². The fourth-order valence-corrected chi connectivity index (χ4v) is 4.07. The minimum absolute atomic E-state index is 0.0498. The molecule has 1 atom stereocenters. The van der Waals surface area contributed by atoms with E-state index < -0.39 is 0 Å². The molecule has 2 aromatic rings. The highest BCUT2D eigenvalue weighted by molar-refractivity contribution is 6.30. The average Bonchev–Trinajstić information content (AvgIpc) is 2.79. The molecule has 0 aliphatic carbocycles. The third-order valence-corrected chi connectivity index (χ3v) is 5.96. The Morgan fingerprint density at radius 3 is 2.40 bits per heavy atom. The number of hydrogen-bond acceptors (Lipinski definition) is 5. The van der Waals surface area contributed by atoms with Gasteiger partial charge in [-0.3, -0.25) is 25.5 Å². The molecule has 6 nitrogen and oxygen atoms in total. The first-order valence-corrected chi connectivity index (χ1v) is 11.0. The van der Waals surface area contributed by atoms with Gasteiger partial charge in [0.1, 0.15) is 11.9 Å². The summed E-state index contributed by atoms with van der Waals surface area (Å²) < 4.78 is 0. The zero-order valence-electron chi connectivity index (χ0n) is 17.1. The predicted molar refractivity (Wildman–Crippen MR) is 122 cm³/mol. The van der Waals surface area contributed by atoms with Crippen LogP contribution in [0.15, 0.2) is 59.6 Å². The van der Waals surface area contributed by atoms with Gasteiger partial charge in [-0.05, 0) is 50.1 Å². The van der Waals surface area contributed by atoms with Crippen LogP contribution < -0.4 is 15.8 Å². The zero-order valence-corrected chi connectivity index (χ0v) is 17.8. The highest BCUT2D eigenvalue weighted by Crippen LogP contribution is 2.20. The molecule has 2 aliphatic heterocycles. The van der Waals surface area contributed by atoms with Crippen molar-refractivity contribution in [1.82, 2.24) is 15.8 Å². The van der Waals surface area contributed by atoms with E-state index in [9.17, 15) is 4.79 Å². The number of nitrogens with one attached hydrogen (secondary N) is 2. The molecule has 1 fully saturated rings. The van der Waals surface area contributed by atoms with Crippen molar-refractivity contribution < 1.29 is 4.79 Å². The first-order valence-electron chi connectivity index (χ1n) is 10.6. The van der Waals surface area contributed by atoms with Gasteiger partial charge in [-0.25, -0.2) is 0 Å². The van der Waals surface area contributed by atoms with Crippen LogP contribution in [-0.4, -0.2) is 55.4 Å². The van der Waals surface area contributed by atoms with Crippen LogP contribution in [0.5, 0.6) is 0 Å². The summed E-state index contributed by atoms with van der Waals surface area (Å²) in [5.74, 6) is 0.685. The minimum Gasteiger partial charge on any atom is -0.369 e. The van der Waals surface area contributed by atoms with Gasteiger partial charge in [-0.1, -0.05) is 41.9 Å². The molecular weight excluding hydrogens is 398 g/mol. The molecule has 2 N–H and O–H groups in total. The van der Waals surface area contributed by atoms with E-state index in [-0.39, 0.29) is 11.9 Å². The summed E-state index contributed by atoms with van der Waals surface area (Å²) in [6.07, 6.45) is 2.84. The smallest absolute Gasteiger partial charge is 0.263 e. The molecule has 0 saturated carbocycles. The molecule has 30 heavy (non-hydrogen) atoms. The van der Waals surface area contributed by atoms with E-state index in [1.807, 2.05) is 42.5 Å². The van der Waals surface area contributed by atoms with E-state index in [1.165, 1.54) is 5.69 Å². The van der Waals surface area contributed by atoms with Crippen molar-refractivity contribution in [1.29, 1.82) is 0 Å². The average molecular weight is 426 g/mol. The number of piperazine rings is 1. The summed E-state index contributed by atoms with van der Waals surface area (Å²) in [5.41, 5.74) is 7.89. The Balaban J connectivity index is 1.20. The van der Waals surface area contributed by atoms with E-state index in [2.05, 4.69) is 37.8 Å². The number of carbonyl (C=O) groups excluding carboxylic acids is 1. The van der Waals surface area contributed by atoms with Crippen molar-refractivity contribution in [2.45, 2.75) is 25.3 Å². The summed E-state index contributed by atoms with van der Waals surface area (Å²) in [6, 6.07) is 17.7. The number of aliphatic imine (C=N–C) groups is 1. The number of hydrogen-bond donors (Lipinski definition) is 2. The number of halogens is 1. The molecule has 7 heteroatoms. The largest absolute Gasteiger partial charge is 0.369 e. The maximum absolute atomic E-state index is 12.2. The lowest BCUT2D eigenvalue weighted by Crippen LogP contribution is -2.51. The number of nitrogens with zero attached hydrogens (tertiary/aromatic N) is 3. The molecule has 0 aromatic heterocycles. The van der Waals surface area contributed by atoms with Gasteiger partial charge in [0.05, 0.1) is 0 Å². The third-order valence-electron chi connectivity index (χ3n) is 5.70. The number of benzene rings is 2. The van der Waals surface area contributed by atoms with Gasteiger partial charge in [-0.15, -0.1) is 0 Å². The highest BCUT2D eigenvalue weighted by atomic mass is 35.5. The van der Waals surface area contributed by atoms with Crippen LogP contribution in [0.4, 0.5) is 5.69 Å². The number of anilines is 1. The number of amidine groups is 1. The SMILES string of the molecule is O=C1NNC(c2ccccc2)=NC1CCCCN1CCN(c2ccc(Cl)cc2)CC1. The third kappa shape index (κ3) is 5.32. The van der Waals surface area contributed by atoms with Crippen LogP contribution in [-0.2, 0) is 4.79 Å². The Morgan fingerprint density at radius 1 is 0.933 bits per heavy atom. The van der Waals surface area contributed by atoms with Crippen LogP contribution in [0.25, 0.3) is 0 Å². The monoisotopic (exact) mass is 425 g/mol. The van der Waals surface area contributed by atoms with Crippen LogP contribution in [0.1, 0.15) is 24.8 Å². The Morgan fingerprint density at radius 2 is 1.67 bits per heavy atom. The van der Waals surface area contributed by atoms with E-state index in [1.54, 1.807) is 0 Å². The quantitative estimate of drug-likeness (QED) is 0.669. The van der Waals surface area contributed by atoms with E-state index in [0.29, 0.717) is 0 Å². The Labute approximate surface area is 182 Å². The Bertz CT molecular complexity index is 863. The molecule has 0 bridgehead atoms. The molecule has 2 aliphatic rings. The van der Waals surface area contributed by atoms with Gasteiger partial charge in [0.25, 0.3) is 5.91 Å². The molecule has 0 spiro atoms. The van der Waals surface area contributed by atoms with Gasteiger partial charge in [0, 0.05) is 42.5 Å². The van der Waals surface area contributed by atoms with Crippen LogP contribution >= 0.6 is 11.6 Å². The second-order valence-electron chi connectivity index (χ2n) is 7.77. The maximum Gasteiger partial charge on any atom is 0.263 e. The number of carbonyl (C=O) groups is 1. The molecule has 0 radical (unpaired) electrons. The normalized spacial score (nSPS) is 19.8. The molecular formula is C23H28ClN5O. The number of amides is 1. The Hall–Kier alpha value is -2.57. The van der Waals surface area contributed by atoms with Crippen molar-refractivity contribution in [2.75, 3.05) is 37.6 Å². The standard InChI is InChI=1S/C23H28ClN5O/c24-19-9-11-20(12-10-19)29-16-14-28(15-17-29)13-5-4-8-21-23(30)27-26-22(25-21)18-6-2-1-3-7-18/h1-3,6-7,9-12,21H,4-5,8,13-17H2,(H,25,26)(H,27,30). The number of rotatable bonds is 7. The van der Waals surface area contributed by atoms with Crippen molar-refractivity contribution in [2.24, 2.45) is 4.99 Å². The molecule has 1 saturated heterocycles. The fourth-order valence-electron chi connectivity index (χ4n) is 3.94. The summed E-state index contributed by atoms with van der Waals surface area (Å²) in [6.45, 7) is 5.25.